The molecule has 1 amide bonds. The first-order valence-electron chi connectivity index (χ1n) is 9.23. The zero-order valence-corrected chi connectivity index (χ0v) is 18.4. The maximum atomic E-state index is 12.9. The molecule has 166 valence electrons. The van der Waals surface area contributed by atoms with Crippen LogP contribution in [0.4, 0.5) is 17.1 Å². The predicted octanol–water partition coefficient (Wildman–Crippen LogP) is 5.18. The molecule has 1 fully saturated rings. The number of thioether (sulfide) groups is 1. The number of nitrogens with zero attached hydrogens (tertiary/aromatic N) is 3. The Labute approximate surface area is 195 Å². The van der Waals surface area contributed by atoms with Crippen molar-refractivity contribution in [3.8, 4) is 17.1 Å². The lowest BCUT2D eigenvalue weighted by atomic mass is 10.1. The molecule has 0 radical (unpaired) electrons. The summed E-state index contributed by atoms with van der Waals surface area (Å²) in [5, 5.41) is 22.5. The number of hydrogen-bond donors (Lipinski definition) is 0. The molecular formula is C21H13N3O7S2. The zero-order valence-electron chi connectivity index (χ0n) is 16.8. The van der Waals surface area contributed by atoms with Gasteiger partial charge in [0.25, 0.3) is 17.3 Å². The van der Waals surface area contributed by atoms with Crippen LogP contribution in [-0.4, -0.2) is 27.2 Å². The number of amides is 1. The van der Waals surface area contributed by atoms with Crippen LogP contribution in [0.5, 0.6) is 5.75 Å². The van der Waals surface area contributed by atoms with Crippen LogP contribution >= 0.6 is 24.0 Å². The van der Waals surface area contributed by atoms with Gasteiger partial charge in [-0.1, -0.05) is 30.0 Å². The van der Waals surface area contributed by atoms with E-state index < -0.39 is 15.8 Å². The molecule has 2 aromatic carbocycles. The average Bonchev–Trinajstić information content (AvgIpc) is 3.37. The molecule has 10 nitrogen and oxygen atoms in total. The number of carbonyl (C=O) groups excluding carboxylic acids is 1. The van der Waals surface area contributed by atoms with Crippen LogP contribution in [0, 0.1) is 20.2 Å². The average molecular weight is 483 g/mol. The number of rotatable bonds is 6. The highest BCUT2D eigenvalue weighted by atomic mass is 32.2. The van der Waals surface area contributed by atoms with Gasteiger partial charge >= 0.3 is 0 Å². The van der Waals surface area contributed by atoms with Crippen molar-refractivity contribution >= 4 is 57.3 Å². The Morgan fingerprint density at radius 1 is 1.09 bits per heavy atom. The molecule has 12 heteroatoms. The molecule has 2 heterocycles. The largest absolute Gasteiger partial charge is 0.497 e. The molecule has 1 aromatic heterocycles. The summed E-state index contributed by atoms with van der Waals surface area (Å²) in [4.78, 5) is 35.8. The summed E-state index contributed by atoms with van der Waals surface area (Å²) >= 11 is 6.31. The van der Waals surface area contributed by atoms with Crippen LogP contribution in [0.3, 0.4) is 0 Å². The second kappa shape index (κ2) is 8.84. The molecule has 0 unspecified atom stereocenters. The first-order valence-corrected chi connectivity index (χ1v) is 10.5. The van der Waals surface area contributed by atoms with Crippen LogP contribution in [0.1, 0.15) is 5.76 Å². The third-order valence-corrected chi connectivity index (χ3v) is 5.96. The summed E-state index contributed by atoms with van der Waals surface area (Å²) in [5.41, 5.74) is 0.184. The molecule has 4 rings (SSSR count). The van der Waals surface area contributed by atoms with E-state index in [1.807, 2.05) is 0 Å². The van der Waals surface area contributed by atoms with Gasteiger partial charge < -0.3 is 9.15 Å². The van der Waals surface area contributed by atoms with Gasteiger partial charge in [0, 0.05) is 18.2 Å². The van der Waals surface area contributed by atoms with Crippen LogP contribution < -0.4 is 9.64 Å². The fraction of sp³-hybridized carbons (Fsp3) is 0.0476. The standard InChI is InChI=1S/C21H13N3O7S2/c1-30-14-5-7-16(17(10-14)24(28)29)18-8-6-15(31-18)11-19-20(25)22(21(32)33-19)12-3-2-4-13(9-12)23(26)27/h2-11H,1H3/b19-11+. The Morgan fingerprint density at radius 3 is 2.58 bits per heavy atom. The topological polar surface area (TPSA) is 129 Å². The SMILES string of the molecule is COc1ccc(-c2ccc(/C=C3/SC(=S)N(c4cccc([N+](=O)[O-])c4)C3=O)o2)c([N+](=O)[O-])c1. The first-order chi connectivity index (χ1) is 15.8. The van der Waals surface area contributed by atoms with E-state index in [0.717, 1.165) is 11.8 Å². The van der Waals surface area contributed by atoms with E-state index in [4.69, 9.17) is 21.4 Å². The highest BCUT2D eigenvalue weighted by molar-refractivity contribution is 8.27. The Hall–Kier alpha value is -4.03. The van der Waals surface area contributed by atoms with Gasteiger partial charge in [-0.2, -0.15) is 0 Å². The van der Waals surface area contributed by atoms with Crippen molar-refractivity contribution in [3.05, 3.63) is 85.5 Å². The summed E-state index contributed by atoms with van der Waals surface area (Å²) in [6, 6.07) is 13.1. The van der Waals surface area contributed by atoms with E-state index in [9.17, 15) is 25.0 Å². The summed E-state index contributed by atoms with van der Waals surface area (Å²) in [6.45, 7) is 0. The Bertz CT molecular complexity index is 1350. The summed E-state index contributed by atoms with van der Waals surface area (Å²) in [6.07, 6.45) is 1.47. The van der Waals surface area contributed by atoms with Crippen LogP contribution in [0.15, 0.2) is 63.9 Å². The van der Waals surface area contributed by atoms with E-state index in [1.165, 1.54) is 48.4 Å². The van der Waals surface area contributed by atoms with Gasteiger partial charge in [-0.15, -0.1) is 0 Å². The molecule has 1 aliphatic heterocycles. The van der Waals surface area contributed by atoms with Crippen molar-refractivity contribution in [3.63, 3.8) is 0 Å². The van der Waals surface area contributed by atoms with Crippen LogP contribution in [0.2, 0.25) is 0 Å². The lowest BCUT2D eigenvalue weighted by molar-refractivity contribution is -0.384. The minimum atomic E-state index is -0.556. The quantitative estimate of drug-likeness (QED) is 0.201. The molecule has 0 atom stereocenters. The minimum Gasteiger partial charge on any atom is -0.497 e. The number of thiocarbonyl (C=S) groups is 1. The number of benzene rings is 2. The van der Waals surface area contributed by atoms with Gasteiger partial charge in [0.05, 0.1) is 39.2 Å². The number of carbonyl (C=O) groups is 1. The molecule has 0 N–H and O–H groups in total. The summed E-state index contributed by atoms with van der Waals surface area (Å²) in [5.74, 6) is 0.403. The van der Waals surface area contributed by atoms with Gasteiger partial charge in [-0.05, 0) is 30.3 Å². The Kier molecular flexibility index (Phi) is 5.94. The lowest BCUT2D eigenvalue weighted by Gasteiger charge is -2.13. The van der Waals surface area contributed by atoms with Crippen molar-refractivity contribution in [1.82, 2.24) is 0 Å². The molecule has 0 saturated carbocycles. The van der Waals surface area contributed by atoms with Crippen molar-refractivity contribution < 1.29 is 23.8 Å². The molecule has 3 aromatic rings. The normalized spacial score (nSPS) is 14.7. The number of hydrogen-bond acceptors (Lipinski definition) is 9. The van der Waals surface area contributed by atoms with Crippen molar-refractivity contribution in [2.45, 2.75) is 0 Å². The first kappa shape index (κ1) is 22.2. The van der Waals surface area contributed by atoms with E-state index >= 15 is 0 Å². The minimum absolute atomic E-state index is 0.165. The third kappa shape index (κ3) is 4.33. The molecular weight excluding hydrogens is 470 g/mol. The maximum Gasteiger partial charge on any atom is 0.284 e. The van der Waals surface area contributed by atoms with E-state index in [2.05, 4.69) is 0 Å². The number of non-ortho nitro benzene ring substituents is 1. The summed E-state index contributed by atoms with van der Waals surface area (Å²) < 4.78 is 11.0. The molecule has 1 aliphatic rings. The fourth-order valence-corrected chi connectivity index (χ4v) is 4.42. The molecule has 33 heavy (non-hydrogen) atoms. The second-order valence-electron chi connectivity index (χ2n) is 6.64. The highest BCUT2D eigenvalue weighted by Gasteiger charge is 2.34. The van der Waals surface area contributed by atoms with Gasteiger partial charge in [0.15, 0.2) is 4.32 Å². The van der Waals surface area contributed by atoms with Gasteiger partial charge in [0.1, 0.15) is 17.3 Å². The van der Waals surface area contributed by atoms with Crippen molar-refractivity contribution in [2.24, 2.45) is 0 Å². The molecule has 0 aliphatic carbocycles. The predicted molar refractivity (Wildman–Crippen MR) is 126 cm³/mol. The zero-order chi connectivity index (χ0) is 23.7. The number of nitro groups is 2. The van der Waals surface area contributed by atoms with E-state index in [-0.39, 0.29) is 43.4 Å². The maximum absolute atomic E-state index is 12.9. The second-order valence-corrected chi connectivity index (χ2v) is 8.31. The third-order valence-electron chi connectivity index (χ3n) is 4.66. The highest BCUT2D eigenvalue weighted by Crippen LogP contribution is 2.38. The smallest absolute Gasteiger partial charge is 0.284 e. The van der Waals surface area contributed by atoms with Crippen molar-refractivity contribution in [1.29, 1.82) is 0 Å². The van der Waals surface area contributed by atoms with Gasteiger partial charge in [0.2, 0.25) is 0 Å². The van der Waals surface area contributed by atoms with Crippen molar-refractivity contribution in [2.75, 3.05) is 12.0 Å². The monoisotopic (exact) mass is 483 g/mol. The van der Waals surface area contributed by atoms with E-state index in [0.29, 0.717) is 5.75 Å². The number of nitro benzene ring substituents is 2. The molecule has 0 bridgehead atoms. The fourth-order valence-electron chi connectivity index (χ4n) is 3.14. The number of methoxy groups -OCH3 is 1. The summed E-state index contributed by atoms with van der Waals surface area (Å²) in [7, 11) is 1.41. The Balaban J connectivity index is 1.64. The van der Waals surface area contributed by atoms with Gasteiger partial charge in [-0.25, -0.2) is 0 Å². The van der Waals surface area contributed by atoms with E-state index in [1.54, 1.807) is 24.3 Å². The molecule has 1 saturated heterocycles. The number of ether oxygens (including phenoxy) is 1. The molecule has 0 spiro atoms. The number of anilines is 1. The Morgan fingerprint density at radius 2 is 1.88 bits per heavy atom. The number of furan rings is 1. The van der Waals surface area contributed by atoms with Crippen LogP contribution in [-0.2, 0) is 4.79 Å². The van der Waals surface area contributed by atoms with Gasteiger partial charge in [-0.3, -0.25) is 29.9 Å². The lowest BCUT2D eigenvalue weighted by Crippen LogP contribution is -2.27. The van der Waals surface area contributed by atoms with Crippen LogP contribution in [0.25, 0.3) is 17.4 Å².